The van der Waals surface area contributed by atoms with Crippen molar-refractivity contribution in [2.24, 2.45) is 0 Å². The number of esters is 2. The zero-order chi connectivity index (χ0) is 13.6. The predicted molar refractivity (Wildman–Crippen MR) is 68.0 cm³/mol. The van der Waals surface area contributed by atoms with E-state index in [0.29, 0.717) is 28.7 Å². The Kier molecular flexibility index (Phi) is 2.83. The van der Waals surface area contributed by atoms with Gasteiger partial charge in [0.2, 0.25) is 0 Å². The summed E-state index contributed by atoms with van der Waals surface area (Å²) in [4.78, 5) is 24.2. The van der Waals surface area contributed by atoms with Gasteiger partial charge >= 0.3 is 17.8 Å². The highest BCUT2D eigenvalue weighted by atomic mass is 35.5. The highest BCUT2D eigenvalue weighted by Gasteiger charge is 2.55. The third-order valence-electron chi connectivity index (χ3n) is 3.17. The van der Waals surface area contributed by atoms with Crippen LogP contribution in [0.25, 0.3) is 0 Å². The zero-order valence-electron chi connectivity index (χ0n) is 9.69. The molecule has 0 amide bonds. The molecule has 2 aliphatic heterocycles. The second-order valence-electron chi connectivity index (χ2n) is 4.35. The molecule has 2 aliphatic rings. The summed E-state index contributed by atoms with van der Waals surface area (Å²) >= 11 is 11.8. The van der Waals surface area contributed by atoms with Gasteiger partial charge < -0.3 is 14.4 Å². The van der Waals surface area contributed by atoms with E-state index in [-0.39, 0.29) is 0 Å². The van der Waals surface area contributed by atoms with E-state index >= 15 is 0 Å². The lowest BCUT2D eigenvalue weighted by Crippen LogP contribution is -2.45. The van der Waals surface area contributed by atoms with E-state index in [1.165, 1.54) is 0 Å². The van der Waals surface area contributed by atoms with Crippen LogP contribution in [0.5, 0.6) is 0 Å². The van der Waals surface area contributed by atoms with Crippen LogP contribution in [0.4, 0.5) is 5.69 Å². The minimum absolute atomic E-state index is 0.386. The maximum atomic E-state index is 11.3. The number of halogens is 2. The maximum absolute atomic E-state index is 11.3. The third-order valence-corrected chi connectivity index (χ3v) is 3.91. The van der Waals surface area contributed by atoms with E-state index in [1.54, 1.807) is 23.1 Å². The van der Waals surface area contributed by atoms with Gasteiger partial charge in [-0.25, -0.2) is 9.59 Å². The van der Waals surface area contributed by atoms with Crippen LogP contribution in [0.1, 0.15) is 12.8 Å². The Morgan fingerprint density at radius 3 is 2.42 bits per heavy atom. The van der Waals surface area contributed by atoms with Crippen LogP contribution in [0.3, 0.4) is 0 Å². The molecular formula is C12H9Cl2NO4. The first-order chi connectivity index (χ1) is 9.02. The lowest BCUT2D eigenvalue weighted by atomic mass is 10.2. The predicted octanol–water partition coefficient (Wildman–Crippen LogP) is 2.35. The number of carbonyl (C=O) groups excluding carboxylic acids is 2. The lowest BCUT2D eigenvalue weighted by molar-refractivity contribution is -0.173. The summed E-state index contributed by atoms with van der Waals surface area (Å²) in [7, 11) is 0. The summed E-state index contributed by atoms with van der Waals surface area (Å²) in [5, 5.41) is 0.816. The van der Waals surface area contributed by atoms with Gasteiger partial charge in [-0.2, -0.15) is 0 Å². The molecule has 0 bridgehead atoms. The van der Waals surface area contributed by atoms with Crippen LogP contribution in [-0.4, -0.2) is 24.4 Å². The molecule has 7 heteroatoms. The van der Waals surface area contributed by atoms with Crippen molar-refractivity contribution in [2.45, 2.75) is 18.8 Å². The molecule has 100 valence electrons. The molecule has 0 atom stereocenters. The van der Waals surface area contributed by atoms with E-state index in [1.807, 2.05) is 0 Å². The van der Waals surface area contributed by atoms with Crippen LogP contribution in [0.2, 0.25) is 10.0 Å². The molecule has 0 unspecified atom stereocenters. The van der Waals surface area contributed by atoms with Crippen LogP contribution in [0, 0.1) is 0 Å². The number of benzene rings is 1. The number of nitrogens with zero attached hydrogens (tertiary/aromatic N) is 1. The van der Waals surface area contributed by atoms with Gasteiger partial charge in [-0.3, -0.25) is 0 Å². The van der Waals surface area contributed by atoms with Crippen molar-refractivity contribution in [2.75, 3.05) is 11.4 Å². The number of hydrogen-bond acceptors (Lipinski definition) is 5. The Morgan fingerprint density at radius 1 is 1.11 bits per heavy atom. The first kappa shape index (κ1) is 12.6. The number of hydrogen-bond donors (Lipinski definition) is 0. The fourth-order valence-corrected chi connectivity index (χ4v) is 2.64. The second-order valence-corrected chi connectivity index (χ2v) is 5.16. The van der Waals surface area contributed by atoms with E-state index < -0.39 is 17.8 Å². The highest BCUT2D eigenvalue weighted by Crippen LogP contribution is 2.40. The average Bonchev–Trinajstić information content (AvgIpc) is 2.88. The molecule has 0 radical (unpaired) electrons. The number of anilines is 1. The first-order valence-electron chi connectivity index (χ1n) is 5.71. The SMILES string of the molecule is O=C1OC2(CCCN2c2ccc(Cl)c(Cl)c2)OC1=O. The molecule has 0 aliphatic carbocycles. The monoisotopic (exact) mass is 301 g/mol. The fraction of sp³-hybridized carbons (Fsp3) is 0.333. The van der Waals surface area contributed by atoms with Gasteiger partial charge in [-0.1, -0.05) is 23.2 Å². The normalized spacial score (nSPS) is 20.8. The molecule has 1 spiro atoms. The number of rotatable bonds is 1. The van der Waals surface area contributed by atoms with Crippen molar-refractivity contribution in [1.29, 1.82) is 0 Å². The van der Waals surface area contributed by atoms with E-state index in [2.05, 4.69) is 0 Å². The van der Waals surface area contributed by atoms with Gasteiger partial charge in [0.1, 0.15) is 0 Å². The molecule has 0 aromatic heterocycles. The maximum Gasteiger partial charge on any atom is 0.422 e. The van der Waals surface area contributed by atoms with Crippen molar-refractivity contribution in [3.05, 3.63) is 28.2 Å². The van der Waals surface area contributed by atoms with E-state index in [9.17, 15) is 9.59 Å². The van der Waals surface area contributed by atoms with E-state index in [4.69, 9.17) is 32.7 Å². The van der Waals surface area contributed by atoms with Crippen molar-refractivity contribution in [3.8, 4) is 0 Å². The Labute approximate surface area is 119 Å². The quantitative estimate of drug-likeness (QED) is 0.589. The summed E-state index contributed by atoms with van der Waals surface area (Å²) < 4.78 is 10.2. The van der Waals surface area contributed by atoms with Crippen molar-refractivity contribution in [1.82, 2.24) is 0 Å². The standard InChI is InChI=1S/C12H9Cl2NO4/c13-8-3-2-7(6-9(8)14)15-5-1-4-12(15)18-10(16)11(17)19-12/h2-3,6H,1,4-5H2. The van der Waals surface area contributed by atoms with Gasteiger partial charge in [-0.15, -0.1) is 0 Å². The van der Waals surface area contributed by atoms with Crippen LogP contribution in [-0.2, 0) is 19.1 Å². The topological polar surface area (TPSA) is 55.8 Å². The molecule has 1 aromatic rings. The average molecular weight is 302 g/mol. The zero-order valence-corrected chi connectivity index (χ0v) is 11.2. The molecule has 2 fully saturated rings. The minimum Gasteiger partial charge on any atom is -0.395 e. The summed E-state index contributed by atoms with van der Waals surface area (Å²) in [5.74, 6) is -3.26. The summed E-state index contributed by atoms with van der Waals surface area (Å²) in [6, 6.07) is 5.03. The number of carbonyl (C=O) groups is 2. The molecule has 5 nitrogen and oxygen atoms in total. The molecular weight excluding hydrogens is 293 g/mol. The van der Waals surface area contributed by atoms with Crippen LogP contribution < -0.4 is 4.90 Å². The summed E-state index contributed by atoms with van der Waals surface area (Å²) in [6.45, 7) is 0.596. The molecule has 0 N–H and O–H groups in total. The fourth-order valence-electron chi connectivity index (χ4n) is 2.35. The number of ether oxygens (including phenoxy) is 2. The van der Waals surface area contributed by atoms with E-state index in [0.717, 1.165) is 6.42 Å². The molecule has 2 heterocycles. The van der Waals surface area contributed by atoms with Crippen LogP contribution in [0.15, 0.2) is 18.2 Å². The van der Waals surface area contributed by atoms with Crippen molar-refractivity contribution in [3.63, 3.8) is 0 Å². The smallest absolute Gasteiger partial charge is 0.395 e. The molecule has 1 aromatic carbocycles. The summed E-state index contributed by atoms with van der Waals surface area (Å²) in [5.41, 5.74) is 0.689. The van der Waals surface area contributed by atoms with Gasteiger partial charge in [-0.05, 0) is 24.6 Å². The molecule has 3 rings (SSSR count). The Bertz CT molecular complexity index is 559. The lowest BCUT2D eigenvalue weighted by Gasteiger charge is -2.32. The first-order valence-corrected chi connectivity index (χ1v) is 6.46. The Balaban J connectivity index is 1.97. The van der Waals surface area contributed by atoms with Gasteiger partial charge in [0, 0.05) is 18.7 Å². The molecule has 2 saturated heterocycles. The van der Waals surface area contributed by atoms with Crippen LogP contribution >= 0.6 is 23.2 Å². The largest absolute Gasteiger partial charge is 0.422 e. The minimum atomic E-state index is -1.33. The van der Waals surface area contributed by atoms with Gasteiger partial charge in [0.25, 0.3) is 0 Å². The van der Waals surface area contributed by atoms with Gasteiger partial charge in [0.15, 0.2) is 0 Å². The highest BCUT2D eigenvalue weighted by molar-refractivity contribution is 6.42. The molecule has 0 saturated carbocycles. The van der Waals surface area contributed by atoms with Crippen molar-refractivity contribution >= 4 is 40.8 Å². The van der Waals surface area contributed by atoms with Gasteiger partial charge in [0.05, 0.1) is 10.0 Å². The van der Waals surface area contributed by atoms with Crippen molar-refractivity contribution < 1.29 is 19.1 Å². The molecule has 19 heavy (non-hydrogen) atoms. The Morgan fingerprint density at radius 2 is 1.79 bits per heavy atom. The third kappa shape index (κ3) is 1.93. The summed E-state index contributed by atoms with van der Waals surface area (Å²) in [6.07, 6.45) is 1.17. The Hall–Kier alpha value is -1.46. The second kappa shape index (κ2) is 4.28.